The number of aromatic nitrogens is 6. The first-order valence-electron chi connectivity index (χ1n) is 13.6. The second kappa shape index (κ2) is 14.2. The quantitative estimate of drug-likeness (QED) is 0.223. The molecule has 4 aromatic rings. The number of hydrogen-bond acceptors (Lipinski definition) is 9. The Kier molecular flexibility index (Phi) is 9.92. The molecule has 43 heavy (non-hydrogen) atoms. The maximum Gasteiger partial charge on any atom is 0.411 e. The van der Waals surface area contributed by atoms with Gasteiger partial charge in [0.25, 0.3) is 0 Å². The second-order valence-electron chi connectivity index (χ2n) is 9.97. The molecule has 2 atom stereocenters. The summed E-state index contributed by atoms with van der Waals surface area (Å²) >= 11 is 12.7. The normalized spacial score (nSPS) is 15.7. The molecule has 1 saturated heterocycles. The number of benzene rings is 2. The number of nitrogens with zero attached hydrogens (tertiary/aromatic N) is 6. The molecular weight excluding hydrogens is 593 g/mol. The van der Waals surface area contributed by atoms with Crippen LogP contribution in [0.3, 0.4) is 0 Å². The number of anilines is 1. The van der Waals surface area contributed by atoms with E-state index in [4.69, 9.17) is 23.2 Å². The zero-order valence-electron chi connectivity index (χ0n) is 23.2. The van der Waals surface area contributed by atoms with Gasteiger partial charge in [-0.3, -0.25) is 10.1 Å². The highest BCUT2D eigenvalue weighted by Crippen LogP contribution is 2.31. The van der Waals surface area contributed by atoms with Gasteiger partial charge in [-0.1, -0.05) is 35.3 Å². The number of carbonyl (C=O) groups is 2. The summed E-state index contributed by atoms with van der Waals surface area (Å²) in [6.07, 6.45) is 6.78. The second-order valence-corrected chi connectivity index (χ2v) is 10.8. The predicted molar refractivity (Wildman–Crippen MR) is 163 cm³/mol. The van der Waals surface area contributed by atoms with Crippen LogP contribution in [0.2, 0.25) is 10.2 Å². The predicted octanol–water partition coefficient (Wildman–Crippen LogP) is 4.86. The van der Waals surface area contributed by atoms with Crippen LogP contribution in [-0.4, -0.2) is 62.6 Å². The molecule has 1 aliphatic rings. The SMILES string of the molecule is COC(=O)Nc1ccc(-c2cc(C(CC3CCCNC3)NC(=O)/C=C/c3cc(Cl)ccc3-n3cnnn3)nnc2Cl)cc1. The molecule has 5 rings (SSSR count). The van der Waals surface area contributed by atoms with Crippen molar-refractivity contribution in [2.24, 2.45) is 5.92 Å². The highest BCUT2D eigenvalue weighted by molar-refractivity contribution is 6.32. The van der Waals surface area contributed by atoms with E-state index in [9.17, 15) is 9.59 Å². The lowest BCUT2D eigenvalue weighted by Crippen LogP contribution is -2.35. The molecule has 2 amide bonds. The molecule has 3 N–H and O–H groups in total. The number of hydrogen-bond donors (Lipinski definition) is 3. The number of amides is 2. The number of tetrazole rings is 1. The molecule has 222 valence electrons. The van der Waals surface area contributed by atoms with Gasteiger partial charge in [-0.05, 0) is 96.7 Å². The maximum absolute atomic E-state index is 13.3. The molecular formula is C29H29Cl2N9O3. The molecule has 0 radical (unpaired) electrons. The Morgan fingerprint density at radius 3 is 2.72 bits per heavy atom. The van der Waals surface area contributed by atoms with Gasteiger partial charge in [0.1, 0.15) is 6.33 Å². The van der Waals surface area contributed by atoms with E-state index >= 15 is 0 Å². The van der Waals surface area contributed by atoms with Gasteiger partial charge in [0, 0.05) is 27.9 Å². The minimum Gasteiger partial charge on any atom is -0.453 e. The molecule has 14 heteroatoms. The van der Waals surface area contributed by atoms with Gasteiger partial charge in [0.15, 0.2) is 5.15 Å². The largest absolute Gasteiger partial charge is 0.453 e. The molecule has 0 aliphatic carbocycles. The lowest BCUT2D eigenvalue weighted by Gasteiger charge is -2.27. The zero-order chi connectivity index (χ0) is 30.2. The van der Waals surface area contributed by atoms with Crippen LogP contribution >= 0.6 is 23.2 Å². The smallest absolute Gasteiger partial charge is 0.411 e. The summed E-state index contributed by atoms with van der Waals surface area (Å²) in [4.78, 5) is 24.8. The van der Waals surface area contributed by atoms with Gasteiger partial charge >= 0.3 is 6.09 Å². The van der Waals surface area contributed by atoms with Crippen molar-refractivity contribution in [3.8, 4) is 16.8 Å². The van der Waals surface area contributed by atoms with E-state index in [2.05, 4.69) is 46.4 Å². The lowest BCUT2D eigenvalue weighted by molar-refractivity contribution is -0.117. The molecule has 1 aliphatic heterocycles. The Balaban J connectivity index is 1.39. The van der Waals surface area contributed by atoms with Crippen LogP contribution < -0.4 is 16.0 Å². The zero-order valence-corrected chi connectivity index (χ0v) is 24.7. The van der Waals surface area contributed by atoms with Gasteiger partial charge in [0.2, 0.25) is 5.91 Å². The molecule has 0 saturated carbocycles. The topological polar surface area (TPSA) is 149 Å². The average Bonchev–Trinajstić information content (AvgIpc) is 3.56. The molecule has 2 aromatic carbocycles. The number of rotatable bonds is 9. The Morgan fingerprint density at radius 1 is 1.16 bits per heavy atom. The van der Waals surface area contributed by atoms with Crippen LogP contribution in [0, 0.1) is 5.92 Å². The number of halogens is 2. The number of piperidine rings is 1. The Morgan fingerprint density at radius 2 is 2.00 bits per heavy atom. The first-order valence-corrected chi connectivity index (χ1v) is 14.4. The summed E-state index contributed by atoms with van der Waals surface area (Å²) < 4.78 is 6.14. The minimum absolute atomic E-state index is 0.220. The minimum atomic E-state index is -0.564. The van der Waals surface area contributed by atoms with Crippen molar-refractivity contribution in [1.29, 1.82) is 0 Å². The van der Waals surface area contributed by atoms with Gasteiger partial charge in [-0.25, -0.2) is 4.79 Å². The first-order chi connectivity index (χ1) is 20.9. The van der Waals surface area contributed by atoms with Gasteiger partial charge in [0.05, 0.1) is 24.5 Å². The average molecular weight is 623 g/mol. The number of ether oxygens (including phenoxy) is 1. The summed E-state index contributed by atoms with van der Waals surface area (Å²) in [7, 11) is 1.30. The third-order valence-corrected chi connectivity index (χ3v) is 7.55. The molecule has 1 fully saturated rings. The van der Waals surface area contributed by atoms with E-state index in [-0.39, 0.29) is 11.1 Å². The standard InChI is InChI=1S/C29H29Cl2N9O3/c1-43-29(42)34-22-8-4-19(5-9-22)23-15-25(36-37-28(23)31)24(13-18-3-2-12-32-16-18)35-27(41)11-6-20-14-21(30)7-10-26(20)40-17-33-38-39-40/h4-11,14-15,17-18,24,32H,2-3,12-13,16H2,1H3,(H,34,42)(H,35,41)/b11-6+. The van der Waals surface area contributed by atoms with Crippen LogP contribution in [0.15, 0.2) is 60.9 Å². The molecule has 0 bridgehead atoms. The van der Waals surface area contributed by atoms with Crippen molar-refractivity contribution in [3.63, 3.8) is 0 Å². The molecule has 2 aromatic heterocycles. The van der Waals surface area contributed by atoms with Crippen LogP contribution in [0.25, 0.3) is 22.9 Å². The Bertz CT molecular complexity index is 1590. The highest BCUT2D eigenvalue weighted by atomic mass is 35.5. The van der Waals surface area contributed by atoms with E-state index < -0.39 is 12.1 Å². The molecule has 3 heterocycles. The van der Waals surface area contributed by atoms with Crippen LogP contribution in [0.4, 0.5) is 10.5 Å². The van der Waals surface area contributed by atoms with E-state index in [0.717, 1.165) is 31.5 Å². The van der Waals surface area contributed by atoms with Crippen molar-refractivity contribution >= 4 is 47.0 Å². The van der Waals surface area contributed by atoms with Crippen molar-refractivity contribution in [1.82, 2.24) is 41.0 Å². The summed E-state index contributed by atoms with van der Waals surface area (Å²) in [5.74, 6) is 0.0277. The first kappa shape index (κ1) is 30.1. The third-order valence-electron chi connectivity index (χ3n) is 7.04. The van der Waals surface area contributed by atoms with Crippen molar-refractivity contribution in [3.05, 3.63) is 82.4 Å². The monoisotopic (exact) mass is 621 g/mol. The van der Waals surface area contributed by atoms with Gasteiger partial charge < -0.3 is 15.4 Å². The Labute approximate surface area is 257 Å². The van der Waals surface area contributed by atoms with Crippen molar-refractivity contribution in [2.75, 3.05) is 25.5 Å². The van der Waals surface area contributed by atoms with Crippen LogP contribution in [0.5, 0.6) is 0 Å². The third kappa shape index (κ3) is 7.92. The fourth-order valence-electron chi connectivity index (χ4n) is 4.90. The highest BCUT2D eigenvalue weighted by Gasteiger charge is 2.24. The van der Waals surface area contributed by atoms with Crippen LogP contribution in [0.1, 0.15) is 36.6 Å². The number of carbonyl (C=O) groups excluding carboxylic acids is 2. The van der Waals surface area contributed by atoms with Gasteiger partial charge in [-0.15, -0.1) is 10.2 Å². The van der Waals surface area contributed by atoms with Crippen LogP contribution in [-0.2, 0) is 9.53 Å². The van der Waals surface area contributed by atoms with E-state index in [1.807, 2.05) is 18.2 Å². The van der Waals surface area contributed by atoms with Crippen molar-refractivity contribution < 1.29 is 14.3 Å². The Hall–Kier alpha value is -4.39. The maximum atomic E-state index is 13.3. The van der Waals surface area contributed by atoms with E-state index in [1.54, 1.807) is 36.4 Å². The van der Waals surface area contributed by atoms with E-state index in [0.29, 0.717) is 45.6 Å². The summed E-state index contributed by atoms with van der Waals surface area (Å²) in [5.41, 5.74) is 3.92. The summed E-state index contributed by atoms with van der Waals surface area (Å²) in [6, 6.07) is 13.7. The summed E-state index contributed by atoms with van der Waals surface area (Å²) in [6.45, 7) is 1.83. The molecule has 12 nitrogen and oxygen atoms in total. The number of nitrogens with one attached hydrogen (secondary N) is 3. The fourth-order valence-corrected chi connectivity index (χ4v) is 5.29. The lowest BCUT2D eigenvalue weighted by atomic mass is 9.90. The van der Waals surface area contributed by atoms with E-state index in [1.165, 1.54) is 24.2 Å². The van der Waals surface area contributed by atoms with Gasteiger partial charge in [-0.2, -0.15) is 9.78 Å². The fraction of sp³-hybridized carbons (Fsp3) is 0.276. The summed E-state index contributed by atoms with van der Waals surface area (Å²) in [5, 5.41) is 29.8. The molecule has 2 unspecified atom stereocenters. The number of methoxy groups -OCH3 is 1. The van der Waals surface area contributed by atoms with Crippen molar-refractivity contribution in [2.45, 2.75) is 25.3 Å². The molecule has 0 spiro atoms.